The SMILES string of the molecule is O=C(CN1CC(c2nc(-c3ccco3)no2)C1)NCc1ccccc1Cl.O=C(O)C(=O)O. The van der Waals surface area contributed by atoms with Gasteiger partial charge in [0.15, 0.2) is 5.76 Å². The number of aliphatic carboxylic acids is 2. The molecule has 1 saturated heterocycles. The van der Waals surface area contributed by atoms with Gasteiger partial charge in [0.2, 0.25) is 17.6 Å². The smallest absolute Gasteiger partial charge is 0.414 e. The highest BCUT2D eigenvalue weighted by molar-refractivity contribution is 6.31. The van der Waals surface area contributed by atoms with Crippen LogP contribution in [-0.2, 0) is 20.9 Å². The van der Waals surface area contributed by atoms with Crippen molar-refractivity contribution < 1.29 is 33.5 Å². The van der Waals surface area contributed by atoms with Crippen molar-refractivity contribution in [3.05, 3.63) is 59.1 Å². The first-order chi connectivity index (χ1) is 15.3. The summed E-state index contributed by atoms with van der Waals surface area (Å²) in [5.41, 5.74) is 0.903. The highest BCUT2D eigenvalue weighted by Crippen LogP contribution is 2.27. The van der Waals surface area contributed by atoms with E-state index in [1.807, 2.05) is 29.2 Å². The molecule has 0 radical (unpaired) electrons. The van der Waals surface area contributed by atoms with E-state index in [1.165, 1.54) is 0 Å². The first-order valence-corrected chi connectivity index (χ1v) is 9.77. The second-order valence-corrected chi connectivity index (χ2v) is 7.21. The third-order valence-electron chi connectivity index (χ3n) is 4.47. The Morgan fingerprint density at radius 1 is 1.12 bits per heavy atom. The van der Waals surface area contributed by atoms with Crippen molar-refractivity contribution in [2.45, 2.75) is 12.5 Å². The Bertz CT molecular complexity index is 1070. The lowest BCUT2D eigenvalue weighted by Crippen LogP contribution is -2.49. The first kappa shape index (κ1) is 23.0. The van der Waals surface area contributed by atoms with Gasteiger partial charge in [0.1, 0.15) is 0 Å². The minimum Gasteiger partial charge on any atom is -0.473 e. The van der Waals surface area contributed by atoms with E-state index in [2.05, 4.69) is 15.5 Å². The molecule has 4 rings (SSSR count). The van der Waals surface area contributed by atoms with Crippen LogP contribution in [0.3, 0.4) is 0 Å². The molecule has 12 heteroatoms. The topological polar surface area (TPSA) is 159 Å². The van der Waals surface area contributed by atoms with Gasteiger partial charge >= 0.3 is 11.9 Å². The average molecular weight is 463 g/mol. The van der Waals surface area contributed by atoms with Crippen LogP contribution in [0.4, 0.5) is 0 Å². The fourth-order valence-corrected chi connectivity index (χ4v) is 3.06. The number of carbonyl (C=O) groups excluding carboxylic acids is 1. The number of carbonyl (C=O) groups is 3. The van der Waals surface area contributed by atoms with E-state index in [1.54, 1.807) is 18.4 Å². The number of benzene rings is 1. The number of carboxylic acids is 2. The van der Waals surface area contributed by atoms with Gasteiger partial charge in [-0.05, 0) is 23.8 Å². The number of furan rings is 1. The number of carboxylic acid groups (broad SMARTS) is 2. The monoisotopic (exact) mass is 462 g/mol. The Labute approximate surface area is 186 Å². The van der Waals surface area contributed by atoms with Crippen LogP contribution in [0.1, 0.15) is 17.4 Å². The summed E-state index contributed by atoms with van der Waals surface area (Å²) in [5.74, 6) is -1.95. The zero-order chi connectivity index (χ0) is 23.1. The second-order valence-electron chi connectivity index (χ2n) is 6.80. The van der Waals surface area contributed by atoms with Gasteiger partial charge in [-0.3, -0.25) is 9.69 Å². The summed E-state index contributed by atoms with van der Waals surface area (Å²) in [6.45, 7) is 2.17. The number of rotatable bonds is 6. The van der Waals surface area contributed by atoms with Crippen LogP contribution >= 0.6 is 11.6 Å². The van der Waals surface area contributed by atoms with Crippen molar-refractivity contribution in [2.75, 3.05) is 19.6 Å². The van der Waals surface area contributed by atoms with Gasteiger partial charge < -0.3 is 24.5 Å². The summed E-state index contributed by atoms with van der Waals surface area (Å²) in [6.07, 6.45) is 1.57. The molecule has 0 saturated carbocycles. The molecular formula is C20H19ClN4O7. The van der Waals surface area contributed by atoms with Gasteiger partial charge in [-0.1, -0.05) is 35.0 Å². The minimum absolute atomic E-state index is 0.0369. The molecule has 168 valence electrons. The largest absolute Gasteiger partial charge is 0.473 e. The molecule has 3 N–H and O–H groups in total. The third-order valence-corrected chi connectivity index (χ3v) is 4.84. The Morgan fingerprint density at radius 2 is 1.84 bits per heavy atom. The van der Waals surface area contributed by atoms with E-state index >= 15 is 0 Å². The fraction of sp³-hybridized carbons (Fsp3) is 0.250. The minimum atomic E-state index is -1.82. The first-order valence-electron chi connectivity index (χ1n) is 9.39. The highest BCUT2D eigenvalue weighted by atomic mass is 35.5. The van der Waals surface area contributed by atoms with Crippen LogP contribution in [0.5, 0.6) is 0 Å². The summed E-state index contributed by atoms with van der Waals surface area (Å²) in [4.78, 5) is 36.7. The number of aromatic nitrogens is 2. The molecule has 1 aliphatic heterocycles. The lowest BCUT2D eigenvalue weighted by atomic mass is 10.0. The predicted molar refractivity (Wildman–Crippen MR) is 110 cm³/mol. The lowest BCUT2D eigenvalue weighted by Gasteiger charge is -2.36. The van der Waals surface area contributed by atoms with Gasteiger partial charge in [0.05, 0.1) is 18.7 Å². The second kappa shape index (κ2) is 10.6. The standard InChI is InChI=1S/C18H17ClN4O3.C2H2O4/c19-14-5-2-1-4-12(14)8-20-16(24)11-23-9-13(10-23)18-21-17(22-26-18)15-6-3-7-25-15;3-1(4)2(5)6/h1-7,13H,8-11H2,(H,20,24);(H,3,4)(H,5,6). The maximum atomic E-state index is 12.1. The zero-order valence-corrected chi connectivity index (χ0v) is 17.4. The van der Waals surface area contributed by atoms with Gasteiger partial charge in [0.25, 0.3) is 0 Å². The molecule has 0 unspecified atom stereocenters. The lowest BCUT2D eigenvalue weighted by molar-refractivity contribution is -0.159. The van der Waals surface area contributed by atoms with E-state index in [0.717, 1.165) is 5.56 Å². The van der Waals surface area contributed by atoms with E-state index in [0.29, 0.717) is 48.7 Å². The highest BCUT2D eigenvalue weighted by Gasteiger charge is 2.33. The van der Waals surface area contributed by atoms with Gasteiger partial charge in [0, 0.05) is 24.7 Å². The molecule has 0 bridgehead atoms. The number of hydrogen-bond donors (Lipinski definition) is 3. The van der Waals surface area contributed by atoms with Gasteiger partial charge in [-0.15, -0.1) is 0 Å². The fourth-order valence-electron chi connectivity index (χ4n) is 2.86. The van der Waals surface area contributed by atoms with Crippen molar-refractivity contribution in [1.29, 1.82) is 0 Å². The summed E-state index contributed by atoms with van der Waals surface area (Å²) in [5, 5.41) is 22.3. The van der Waals surface area contributed by atoms with Crippen molar-refractivity contribution in [3.8, 4) is 11.6 Å². The Balaban J connectivity index is 0.000000427. The average Bonchev–Trinajstić information content (AvgIpc) is 3.42. The summed E-state index contributed by atoms with van der Waals surface area (Å²) < 4.78 is 10.6. The molecule has 1 fully saturated rings. The van der Waals surface area contributed by atoms with Gasteiger partial charge in [-0.25, -0.2) is 9.59 Å². The summed E-state index contributed by atoms with van der Waals surface area (Å²) in [6, 6.07) is 11.0. The van der Waals surface area contributed by atoms with Crippen LogP contribution in [-0.4, -0.2) is 62.7 Å². The molecule has 2 aromatic heterocycles. The summed E-state index contributed by atoms with van der Waals surface area (Å²) in [7, 11) is 0. The number of amides is 1. The van der Waals surface area contributed by atoms with E-state index in [-0.39, 0.29) is 11.8 Å². The van der Waals surface area contributed by atoms with Crippen molar-refractivity contribution in [3.63, 3.8) is 0 Å². The molecule has 1 aliphatic rings. The van der Waals surface area contributed by atoms with E-state index in [9.17, 15) is 4.79 Å². The van der Waals surface area contributed by atoms with Gasteiger partial charge in [-0.2, -0.15) is 4.98 Å². The van der Waals surface area contributed by atoms with Crippen LogP contribution in [0.25, 0.3) is 11.6 Å². The van der Waals surface area contributed by atoms with Crippen molar-refractivity contribution in [2.24, 2.45) is 0 Å². The number of nitrogens with one attached hydrogen (secondary N) is 1. The number of nitrogens with zero attached hydrogens (tertiary/aromatic N) is 3. The molecule has 0 spiro atoms. The summed E-state index contributed by atoms with van der Waals surface area (Å²) >= 11 is 6.09. The van der Waals surface area contributed by atoms with Crippen molar-refractivity contribution in [1.82, 2.24) is 20.4 Å². The Kier molecular flexibility index (Phi) is 7.58. The normalized spacial score (nSPS) is 13.5. The molecule has 3 aromatic rings. The molecular weight excluding hydrogens is 444 g/mol. The van der Waals surface area contributed by atoms with E-state index in [4.69, 9.17) is 40.3 Å². The quantitative estimate of drug-likeness (QED) is 0.461. The number of likely N-dealkylation sites (tertiary alicyclic amines) is 1. The van der Waals surface area contributed by atoms with Crippen LogP contribution in [0, 0.1) is 0 Å². The third kappa shape index (κ3) is 6.15. The number of halogens is 1. The predicted octanol–water partition coefficient (Wildman–Crippen LogP) is 1.85. The maximum absolute atomic E-state index is 12.1. The molecule has 11 nitrogen and oxygen atoms in total. The molecule has 32 heavy (non-hydrogen) atoms. The molecule has 1 amide bonds. The Morgan fingerprint density at radius 3 is 2.47 bits per heavy atom. The van der Waals surface area contributed by atoms with Crippen molar-refractivity contribution >= 4 is 29.4 Å². The van der Waals surface area contributed by atoms with Crippen LogP contribution in [0.2, 0.25) is 5.02 Å². The van der Waals surface area contributed by atoms with Crippen LogP contribution in [0.15, 0.2) is 51.6 Å². The Hall–Kier alpha value is -3.70. The van der Waals surface area contributed by atoms with Crippen LogP contribution < -0.4 is 5.32 Å². The van der Waals surface area contributed by atoms with E-state index < -0.39 is 11.9 Å². The zero-order valence-electron chi connectivity index (χ0n) is 16.6. The number of hydrogen-bond acceptors (Lipinski definition) is 8. The maximum Gasteiger partial charge on any atom is 0.414 e. The molecule has 0 atom stereocenters. The molecule has 1 aromatic carbocycles. The molecule has 3 heterocycles. The molecule has 0 aliphatic carbocycles.